The zero-order valence-electron chi connectivity index (χ0n) is 38.1. The molecule has 0 bridgehead atoms. The molecule has 0 aliphatic carbocycles. The maximum absolute atomic E-state index is 14.3. The number of anilines is 1. The molecule has 5 saturated heterocycles. The smallest absolute Gasteiger partial charge is 0.306 e. The van der Waals surface area contributed by atoms with Gasteiger partial charge in [0.05, 0.1) is 76.3 Å². The first kappa shape index (κ1) is 47.0. The number of amides is 2. The molecule has 0 N–H and O–H groups in total. The first-order valence-electron chi connectivity index (χ1n) is 23.7. The molecule has 0 radical (unpaired) electrons. The van der Waals surface area contributed by atoms with Crippen molar-refractivity contribution in [3.63, 3.8) is 0 Å². The van der Waals surface area contributed by atoms with Gasteiger partial charge in [0, 0.05) is 44.8 Å². The van der Waals surface area contributed by atoms with Crippen LogP contribution in [0.15, 0.2) is 72.8 Å². The number of hydrogen-bond acceptors (Lipinski definition) is 11. The quantitative estimate of drug-likeness (QED) is 0.136. The predicted molar refractivity (Wildman–Crippen MR) is 241 cm³/mol. The Morgan fingerprint density at radius 2 is 1.02 bits per heavy atom. The monoisotopic (exact) mass is 907 g/mol. The fourth-order valence-electron chi connectivity index (χ4n) is 11.1. The molecule has 2 amide bonds. The molecule has 5 fully saturated rings. The molecule has 0 saturated carbocycles. The molecular formula is C52H62FN3O10. The van der Waals surface area contributed by atoms with E-state index in [4.69, 9.17) is 18.9 Å². The Labute approximate surface area is 386 Å². The van der Waals surface area contributed by atoms with E-state index in [0.717, 1.165) is 53.6 Å². The molecule has 8 rings (SSSR count). The van der Waals surface area contributed by atoms with E-state index in [1.165, 1.54) is 26.4 Å². The van der Waals surface area contributed by atoms with Gasteiger partial charge in [-0.25, -0.2) is 4.39 Å². The fraction of sp³-hybridized carbons (Fsp3) is 0.538. The minimum Gasteiger partial charge on any atom is -0.469 e. The van der Waals surface area contributed by atoms with Gasteiger partial charge < -0.3 is 33.6 Å². The predicted octanol–water partition coefficient (Wildman–Crippen LogP) is 6.55. The number of hydrogen-bond donors (Lipinski definition) is 0. The van der Waals surface area contributed by atoms with E-state index in [2.05, 4.69) is 29.2 Å². The Balaban J connectivity index is 0.929. The van der Waals surface area contributed by atoms with Crippen LogP contribution in [0, 0.1) is 29.5 Å². The van der Waals surface area contributed by atoms with E-state index in [9.17, 15) is 33.2 Å². The number of rotatable bonds is 17. The molecule has 13 nitrogen and oxygen atoms in total. The maximum atomic E-state index is 14.3. The Bertz CT molecular complexity index is 2070. The first-order valence-corrected chi connectivity index (χ1v) is 23.7. The number of ketones is 2. The number of carbonyl (C=O) groups is 6. The minimum absolute atomic E-state index is 0.0275. The number of carbonyl (C=O) groups excluding carboxylic acids is 6. The zero-order valence-corrected chi connectivity index (χ0v) is 38.1. The lowest BCUT2D eigenvalue weighted by molar-refractivity contribution is -0.149. The lowest BCUT2D eigenvalue weighted by Crippen LogP contribution is -2.46. The van der Waals surface area contributed by atoms with Crippen LogP contribution in [0.25, 0.3) is 0 Å². The molecule has 2 unspecified atom stereocenters. The molecule has 0 spiro atoms. The number of esters is 2. The molecule has 3 aromatic rings. The summed E-state index contributed by atoms with van der Waals surface area (Å²) in [5.74, 6) is -2.97. The summed E-state index contributed by atoms with van der Waals surface area (Å²) >= 11 is 0. The number of likely N-dealkylation sites (tertiary alicyclic amines) is 2. The third-order valence-electron chi connectivity index (χ3n) is 14.7. The van der Waals surface area contributed by atoms with Crippen LogP contribution in [0.5, 0.6) is 0 Å². The molecule has 0 aromatic heterocycles. The van der Waals surface area contributed by atoms with Gasteiger partial charge in [0.15, 0.2) is 11.6 Å². The second-order valence-corrected chi connectivity index (χ2v) is 18.7. The van der Waals surface area contributed by atoms with Crippen molar-refractivity contribution in [2.75, 3.05) is 58.6 Å². The van der Waals surface area contributed by atoms with E-state index >= 15 is 0 Å². The van der Waals surface area contributed by atoms with Gasteiger partial charge >= 0.3 is 11.9 Å². The molecule has 5 aliphatic rings. The lowest BCUT2D eigenvalue weighted by Gasteiger charge is -2.33. The summed E-state index contributed by atoms with van der Waals surface area (Å²) in [4.78, 5) is 85.8. The number of benzene rings is 3. The van der Waals surface area contributed by atoms with Gasteiger partial charge in [0.25, 0.3) is 0 Å². The van der Waals surface area contributed by atoms with Crippen molar-refractivity contribution in [3.8, 4) is 0 Å². The van der Waals surface area contributed by atoms with Gasteiger partial charge in [0.2, 0.25) is 11.8 Å². The van der Waals surface area contributed by atoms with E-state index in [1.54, 1.807) is 21.9 Å². The van der Waals surface area contributed by atoms with Gasteiger partial charge in [-0.1, -0.05) is 48.5 Å². The highest BCUT2D eigenvalue weighted by atomic mass is 19.1. The molecule has 5 heterocycles. The summed E-state index contributed by atoms with van der Waals surface area (Å²) in [6.45, 7) is 2.85. The Morgan fingerprint density at radius 1 is 0.591 bits per heavy atom. The molecule has 14 heteroatoms. The summed E-state index contributed by atoms with van der Waals surface area (Å²) in [5.41, 5.74) is 4.70. The van der Waals surface area contributed by atoms with Crippen LogP contribution in [-0.4, -0.2) is 111 Å². The van der Waals surface area contributed by atoms with Crippen molar-refractivity contribution < 1.29 is 52.1 Å². The Morgan fingerprint density at radius 3 is 1.39 bits per heavy atom. The largest absolute Gasteiger partial charge is 0.469 e. The Kier molecular flexibility index (Phi) is 15.3. The maximum Gasteiger partial charge on any atom is 0.306 e. The number of methoxy groups -OCH3 is 2. The lowest BCUT2D eigenvalue weighted by atomic mass is 9.87. The van der Waals surface area contributed by atoms with Crippen molar-refractivity contribution in [1.29, 1.82) is 0 Å². The molecule has 3 aromatic carbocycles. The Hall–Kier alpha value is -5.47. The van der Waals surface area contributed by atoms with Gasteiger partial charge in [-0.15, -0.1) is 0 Å². The highest BCUT2D eigenvalue weighted by Crippen LogP contribution is 2.47. The highest BCUT2D eigenvalue weighted by Gasteiger charge is 2.43. The van der Waals surface area contributed by atoms with Crippen LogP contribution in [0.3, 0.4) is 0 Å². The molecule has 5 aliphatic heterocycles. The van der Waals surface area contributed by atoms with E-state index in [0.29, 0.717) is 65.2 Å². The van der Waals surface area contributed by atoms with Crippen LogP contribution in [0.2, 0.25) is 0 Å². The second kappa shape index (κ2) is 21.4. The molecule has 352 valence electrons. The summed E-state index contributed by atoms with van der Waals surface area (Å²) in [6, 6.07) is 21.5. The first-order chi connectivity index (χ1) is 32.0. The summed E-state index contributed by atoms with van der Waals surface area (Å²) < 4.78 is 35.2. The number of Topliss-reactive ketones (excluding diaryl/α,β-unsaturated/α-hetero) is 2. The minimum atomic E-state index is -0.585. The van der Waals surface area contributed by atoms with Crippen LogP contribution >= 0.6 is 0 Å². The second-order valence-electron chi connectivity index (χ2n) is 18.7. The number of nitrogens with zero attached hydrogens (tertiary/aromatic N) is 3. The van der Waals surface area contributed by atoms with Crippen molar-refractivity contribution in [2.45, 2.75) is 101 Å². The zero-order chi connectivity index (χ0) is 46.3. The fourth-order valence-corrected chi connectivity index (χ4v) is 11.1. The number of halogens is 1. The van der Waals surface area contributed by atoms with Gasteiger partial charge in [-0.3, -0.25) is 28.8 Å². The van der Waals surface area contributed by atoms with Crippen molar-refractivity contribution >= 4 is 41.0 Å². The average molecular weight is 908 g/mol. The van der Waals surface area contributed by atoms with E-state index in [-0.39, 0.29) is 78.8 Å². The van der Waals surface area contributed by atoms with Crippen LogP contribution in [-0.2, 0) is 60.6 Å². The summed E-state index contributed by atoms with van der Waals surface area (Å²) in [5, 5.41) is 0. The van der Waals surface area contributed by atoms with Gasteiger partial charge in [-0.2, -0.15) is 0 Å². The standard InChI is InChI=1S/C52H62FN3O10/c1-63-49(59)29-41(37-21-25-65-31-37)51(61)54-23-3-5-45(54)47(57)27-33-7-11-35(12-8-33)43-19-20-44(56(43)40-17-15-39(53)16-18-40)36-13-9-34(10-14-36)28-48(58)46-6-4-24-55(46)52(62)42(30-50(60)64-2)38-22-26-66-32-38/h7-18,37-38,41-46H,3-6,19-32H2,1-2H3/t37-,38-,41?,42?,43+,44+,45-,46-/m0/s1. The average Bonchev–Trinajstić information content (AvgIpc) is 4.20. The van der Waals surface area contributed by atoms with Crippen LogP contribution in [0.1, 0.15) is 98.5 Å². The van der Waals surface area contributed by atoms with Gasteiger partial charge in [-0.05, 0) is 110 Å². The summed E-state index contributed by atoms with van der Waals surface area (Å²) in [7, 11) is 2.63. The normalized spacial score (nSPS) is 24.9. The number of ether oxygens (including phenoxy) is 4. The molecular weight excluding hydrogens is 846 g/mol. The molecule has 8 atom stereocenters. The third kappa shape index (κ3) is 10.5. The SMILES string of the molecule is COC(=O)CC(C(=O)N1CCC[C@H]1C(=O)Cc1ccc([C@H]2CC[C@H](c3ccc(CC(=O)[C@@H]4CCCN4C(=O)C(CC(=O)OC)[C@H]4CCOC4)cc3)N2c2ccc(F)cc2)cc1)[C@H]1CCOC1. The third-order valence-corrected chi connectivity index (χ3v) is 14.7. The highest BCUT2D eigenvalue weighted by molar-refractivity contribution is 5.94. The van der Waals surface area contributed by atoms with E-state index in [1.807, 2.05) is 24.3 Å². The topological polar surface area (TPSA) is 149 Å². The van der Waals surface area contributed by atoms with Crippen molar-refractivity contribution in [1.82, 2.24) is 9.80 Å². The van der Waals surface area contributed by atoms with Crippen molar-refractivity contribution in [2.24, 2.45) is 23.7 Å². The van der Waals surface area contributed by atoms with Gasteiger partial charge in [0.1, 0.15) is 5.82 Å². The molecule has 66 heavy (non-hydrogen) atoms. The van der Waals surface area contributed by atoms with E-state index < -0.39 is 35.9 Å². The van der Waals surface area contributed by atoms with Crippen LogP contribution in [0.4, 0.5) is 10.1 Å². The van der Waals surface area contributed by atoms with Crippen LogP contribution < -0.4 is 4.90 Å². The summed E-state index contributed by atoms with van der Waals surface area (Å²) in [6.07, 6.45) is 5.91. The van der Waals surface area contributed by atoms with Crippen molar-refractivity contribution in [3.05, 3.63) is 101 Å².